The van der Waals surface area contributed by atoms with Crippen LogP contribution in [0.5, 0.6) is 5.75 Å². The Bertz CT molecular complexity index is 365. The van der Waals surface area contributed by atoms with Gasteiger partial charge in [-0.1, -0.05) is 12.1 Å². The van der Waals surface area contributed by atoms with Crippen LogP contribution in [0.2, 0.25) is 0 Å². The highest BCUT2D eigenvalue weighted by Crippen LogP contribution is 2.27. The topological polar surface area (TPSA) is 47.3 Å². The molecule has 2 rings (SSSR count). The van der Waals surface area contributed by atoms with Crippen LogP contribution < -0.4 is 15.8 Å². The summed E-state index contributed by atoms with van der Waals surface area (Å²) in [5, 5.41) is 3.53. The van der Waals surface area contributed by atoms with E-state index in [1.807, 2.05) is 0 Å². The lowest BCUT2D eigenvalue weighted by Crippen LogP contribution is -2.20. The molecular formula is C14H22N2O. The van der Waals surface area contributed by atoms with Gasteiger partial charge in [-0.25, -0.2) is 0 Å². The number of nitrogens with one attached hydrogen (secondary N) is 1. The van der Waals surface area contributed by atoms with E-state index >= 15 is 0 Å². The van der Waals surface area contributed by atoms with Crippen molar-refractivity contribution >= 4 is 0 Å². The Hall–Kier alpha value is -1.06. The van der Waals surface area contributed by atoms with Crippen molar-refractivity contribution in [2.45, 2.75) is 32.2 Å². The minimum absolute atomic E-state index is 0.402. The monoisotopic (exact) mass is 234 g/mol. The van der Waals surface area contributed by atoms with Gasteiger partial charge in [0.15, 0.2) is 0 Å². The fourth-order valence-electron chi connectivity index (χ4n) is 2.18. The molecule has 1 aliphatic heterocycles. The van der Waals surface area contributed by atoms with Gasteiger partial charge in [0, 0.05) is 12.5 Å². The van der Waals surface area contributed by atoms with Gasteiger partial charge in [0.05, 0.1) is 6.61 Å². The second kappa shape index (κ2) is 6.03. The van der Waals surface area contributed by atoms with E-state index in [-0.39, 0.29) is 0 Å². The summed E-state index contributed by atoms with van der Waals surface area (Å²) in [6.07, 6.45) is 3.29. The third kappa shape index (κ3) is 3.20. The number of hydrogen-bond acceptors (Lipinski definition) is 3. The van der Waals surface area contributed by atoms with E-state index in [0.717, 1.165) is 44.7 Å². The van der Waals surface area contributed by atoms with Gasteiger partial charge >= 0.3 is 0 Å². The van der Waals surface area contributed by atoms with Gasteiger partial charge in [0.25, 0.3) is 0 Å². The molecule has 0 aromatic heterocycles. The Labute approximate surface area is 103 Å². The molecule has 0 radical (unpaired) electrons. The summed E-state index contributed by atoms with van der Waals surface area (Å²) >= 11 is 0. The third-order valence-electron chi connectivity index (χ3n) is 3.29. The smallest absolute Gasteiger partial charge is 0.122 e. The third-order valence-corrected chi connectivity index (χ3v) is 3.29. The Morgan fingerprint density at radius 2 is 2.29 bits per heavy atom. The highest BCUT2D eigenvalue weighted by Gasteiger charge is 2.14. The van der Waals surface area contributed by atoms with E-state index in [2.05, 4.69) is 30.4 Å². The highest BCUT2D eigenvalue weighted by atomic mass is 16.5. The Morgan fingerprint density at radius 3 is 3.12 bits per heavy atom. The number of rotatable bonds is 6. The van der Waals surface area contributed by atoms with Crippen molar-refractivity contribution in [3.05, 3.63) is 29.3 Å². The predicted molar refractivity (Wildman–Crippen MR) is 70.3 cm³/mol. The largest absolute Gasteiger partial charge is 0.493 e. The van der Waals surface area contributed by atoms with E-state index in [0.29, 0.717) is 6.04 Å². The van der Waals surface area contributed by atoms with E-state index in [1.54, 1.807) is 0 Å². The van der Waals surface area contributed by atoms with Crippen LogP contribution in [0.25, 0.3) is 0 Å². The minimum atomic E-state index is 0.402. The number of nitrogens with two attached hydrogens (primary N) is 1. The predicted octanol–water partition coefficient (Wildman–Crippen LogP) is 2.01. The second-order valence-electron chi connectivity index (χ2n) is 4.64. The van der Waals surface area contributed by atoms with E-state index in [4.69, 9.17) is 10.5 Å². The first kappa shape index (κ1) is 12.4. The number of ether oxygens (including phenoxy) is 1. The quantitative estimate of drug-likeness (QED) is 0.740. The standard InChI is InChI=1S/C14H22N2O/c1-11(16-8-3-2-7-15)12-4-5-14-13(10-12)6-9-17-14/h4-5,10-11,16H,2-3,6-9,15H2,1H3. The molecule has 94 valence electrons. The molecule has 0 saturated heterocycles. The zero-order chi connectivity index (χ0) is 12.1. The summed E-state index contributed by atoms with van der Waals surface area (Å²) < 4.78 is 5.51. The minimum Gasteiger partial charge on any atom is -0.493 e. The zero-order valence-corrected chi connectivity index (χ0v) is 10.5. The summed E-state index contributed by atoms with van der Waals surface area (Å²) in [7, 11) is 0. The fraction of sp³-hybridized carbons (Fsp3) is 0.571. The fourth-order valence-corrected chi connectivity index (χ4v) is 2.18. The second-order valence-corrected chi connectivity index (χ2v) is 4.64. The normalized spacial score (nSPS) is 15.4. The number of hydrogen-bond donors (Lipinski definition) is 2. The maximum absolute atomic E-state index is 5.51. The van der Waals surface area contributed by atoms with Gasteiger partial charge in [-0.15, -0.1) is 0 Å². The molecule has 0 saturated carbocycles. The van der Waals surface area contributed by atoms with Crippen LogP contribution in [0, 0.1) is 0 Å². The maximum atomic E-state index is 5.51. The van der Waals surface area contributed by atoms with Gasteiger partial charge in [0.1, 0.15) is 5.75 Å². The van der Waals surface area contributed by atoms with Crippen LogP contribution in [-0.2, 0) is 6.42 Å². The van der Waals surface area contributed by atoms with Crippen molar-refractivity contribution in [2.75, 3.05) is 19.7 Å². The van der Waals surface area contributed by atoms with E-state index in [1.165, 1.54) is 11.1 Å². The Morgan fingerprint density at radius 1 is 1.41 bits per heavy atom. The zero-order valence-electron chi connectivity index (χ0n) is 10.5. The molecule has 0 amide bonds. The molecule has 17 heavy (non-hydrogen) atoms. The summed E-state index contributed by atoms with van der Waals surface area (Å²) in [6.45, 7) is 4.86. The lowest BCUT2D eigenvalue weighted by molar-refractivity contribution is 0.356. The molecule has 0 aliphatic carbocycles. The molecular weight excluding hydrogens is 212 g/mol. The van der Waals surface area contributed by atoms with Crippen molar-refractivity contribution in [2.24, 2.45) is 5.73 Å². The molecule has 1 unspecified atom stereocenters. The molecule has 3 N–H and O–H groups in total. The molecule has 1 atom stereocenters. The van der Waals surface area contributed by atoms with Crippen molar-refractivity contribution in [1.29, 1.82) is 0 Å². The summed E-state index contributed by atoms with van der Waals surface area (Å²) in [4.78, 5) is 0. The van der Waals surface area contributed by atoms with Crippen LogP contribution in [0.4, 0.5) is 0 Å². The van der Waals surface area contributed by atoms with Crippen molar-refractivity contribution in [3.8, 4) is 5.75 Å². The molecule has 3 heteroatoms. The van der Waals surface area contributed by atoms with Crippen molar-refractivity contribution in [1.82, 2.24) is 5.32 Å². The highest BCUT2D eigenvalue weighted by molar-refractivity contribution is 5.40. The molecule has 0 fully saturated rings. The summed E-state index contributed by atoms with van der Waals surface area (Å²) in [6, 6.07) is 6.92. The van der Waals surface area contributed by atoms with E-state index in [9.17, 15) is 0 Å². The van der Waals surface area contributed by atoms with E-state index < -0.39 is 0 Å². The maximum Gasteiger partial charge on any atom is 0.122 e. The van der Waals surface area contributed by atoms with Crippen LogP contribution in [0.3, 0.4) is 0 Å². The number of unbranched alkanes of at least 4 members (excludes halogenated alkanes) is 1. The van der Waals surface area contributed by atoms with Gasteiger partial charge in [0.2, 0.25) is 0 Å². The molecule has 1 aromatic carbocycles. The van der Waals surface area contributed by atoms with Crippen LogP contribution in [0.15, 0.2) is 18.2 Å². The average Bonchev–Trinajstić information content (AvgIpc) is 2.81. The number of benzene rings is 1. The Kier molecular flexibility index (Phi) is 4.40. The van der Waals surface area contributed by atoms with Crippen molar-refractivity contribution < 1.29 is 4.74 Å². The molecule has 0 bridgehead atoms. The molecule has 1 aliphatic rings. The van der Waals surface area contributed by atoms with Gasteiger partial charge in [-0.2, -0.15) is 0 Å². The molecule has 3 nitrogen and oxygen atoms in total. The molecule has 0 spiro atoms. The van der Waals surface area contributed by atoms with Gasteiger partial charge < -0.3 is 15.8 Å². The van der Waals surface area contributed by atoms with Gasteiger partial charge in [-0.3, -0.25) is 0 Å². The molecule has 1 heterocycles. The summed E-state index contributed by atoms with van der Waals surface area (Å²) in [5.41, 5.74) is 8.17. The molecule has 1 aromatic rings. The van der Waals surface area contributed by atoms with Crippen molar-refractivity contribution in [3.63, 3.8) is 0 Å². The first-order chi connectivity index (χ1) is 8.31. The lowest BCUT2D eigenvalue weighted by Gasteiger charge is -2.15. The van der Waals surface area contributed by atoms with Gasteiger partial charge in [-0.05, 0) is 50.0 Å². The first-order valence-electron chi connectivity index (χ1n) is 6.50. The van der Waals surface area contributed by atoms with Crippen LogP contribution in [0.1, 0.15) is 36.9 Å². The number of fused-ring (bicyclic) bond motifs is 1. The van der Waals surface area contributed by atoms with Crippen LogP contribution in [-0.4, -0.2) is 19.7 Å². The summed E-state index contributed by atoms with van der Waals surface area (Å²) in [5.74, 6) is 1.06. The first-order valence-corrected chi connectivity index (χ1v) is 6.50. The SMILES string of the molecule is CC(NCCCCN)c1ccc2c(c1)CCO2. The van der Waals surface area contributed by atoms with Crippen LogP contribution >= 0.6 is 0 Å². The average molecular weight is 234 g/mol. The lowest BCUT2D eigenvalue weighted by atomic mass is 10.0. The Balaban J connectivity index is 1.88.